The van der Waals surface area contributed by atoms with Gasteiger partial charge in [-0.3, -0.25) is 4.79 Å². The highest BCUT2D eigenvalue weighted by molar-refractivity contribution is 6.40. The second-order valence-corrected chi connectivity index (χ2v) is 7.84. The fraction of sp³-hybridized carbons (Fsp3) is 0.190. The quantitative estimate of drug-likeness (QED) is 0.359. The Hall–Kier alpha value is -3.24. The monoisotopic (exact) mass is 498 g/mol. The second kappa shape index (κ2) is 8.27. The van der Waals surface area contributed by atoms with Gasteiger partial charge in [0.2, 0.25) is 17.5 Å². The van der Waals surface area contributed by atoms with Gasteiger partial charge in [-0.15, -0.1) is 5.10 Å². The number of anilines is 1. The van der Waals surface area contributed by atoms with E-state index in [1.807, 2.05) is 0 Å². The number of carbonyl (C=O) groups excluding carboxylic acids is 1. The maximum Gasteiger partial charge on any atom is 0.416 e. The van der Waals surface area contributed by atoms with Crippen LogP contribution in [0.4, 0.5) is 18.9 Å². The molecule has 0 fully saturated rings. The molecule has 0 saturated heterocycles. The number of ether oxygens (including phenoxy) is 1. The highest BCUT2D eigenvalue weighted by Crippen LogP contribution is 2.49. The lowest BCUT2D eigenvalue weighted by Crippen LogP contribution is -2.09. The normalized spacial score (nSPS) is 11.8. The molecule has 0 bridgehead atoms. The molecule has 0 aliphatic heterocycles. The van der Waals surface area contributed by atoms with Crippen LogP contribution in [0.5, 0.6) is 5.75 Å². The minimum Gasteiger partial charge on any atom is -0.495 e. The topological polar surface area (TPSA) is 81.7 Å². The van der Waals surface area contributed by atoms with Crippen LogP contribution in [0, 0.1) is 6.92 Å². The third-order valence-corrected chi connectivity index (χ3v) is 5.39. The number of methoxy groups -OCH3 is 1. The van der Waals surface area contributed by atoms with Gasteiger partial charge in [0, 0.05) is 12.5 Å². The van der Waals surface area contributed by atoms with Crippen molar-refractivity contribution < 1.29 is 27.1 Å². The first-order valence-corrected chi connectivity index (χ1v) is 10.1. The summed E-state index contributed by atoms with van der Waals surface area (Å²) in [5.74, 6) is 0.460. The van der Waals surface area contributed by atoms with E-state index in [0.29, 0.717) is 17.1 Å². The molecular weight excluding hydrogens is 484 g/mol. The van der Waals surface area contributed by atoms with E-state index in [1.165, 1.54) is 30.8 Å². The summed E-state index contributed by atoms with van der Waals surface area (Å²) in [6.07, 6.45) is -3.15. The van der Waals surface area contributed by atoms with Crippen LogP contribution in [0.3, 0.4) is 0 Å². The molecule has 0 spiro atoms. The van der Waals surface area contributed by atoms with E-state index in [2.05, 4.69) is 15.4 Å². The summed E-state index contributed by atoms with van der Waals surface area (Å²) in [6, 6.07) is 4.64. The Balaban J connectivity index is 2.01. The summed E-state index contributed by atoms with van der Waals surface area (Å²) in [7, 11) is 1.36. The molecule has 172 valence electrons. The van der Waals surface area contributed by atoms with E-state index in [0.717, 1.165) is 12.1 Å². The average molecular weight is 499 g/mol. The molecule has 1 amide bonds. The summed E-state index contributed by atoms with van der Waals surface area (Å²) < 4.78 is 52.6. The first-order chi connectivity index (χ1) is 15.5. The molecule has 0 aliphatic rings. The Morgan fingerprint density at radius 1 is 1.18 bits per heavy atom. The highest BCUT2D eigenvalue weighted by atomic mass is 35.5. The van der Waals surface area contributed by atoms with E-state index >= 15 is 0 Å². The van der Waals surface area contributed by atoms with Crippen molar-refractivity contribution in [1.29, 1.82) is 0 Å². The van der Waals surface area contributed by atoms with Gasteiger partial charge in [-0.05, 0) is 31.2 Å². The fourth-order valence-electron chi connectivity index (χ4n) is 3.41. The third kappa shape index (κ3) is 4.11. The summed E-state index contributed by atoms with van der Waals surface area (Å²) in [5.41, 5.74) is 0.168. The number of halogens is 5. The number of benzene rings is 2. The molecule has 4 aromatic rings. The van der Waals surface area contributed by atoms with Crippen LogP contribution in [0.25, 0.3) is 28.3 Å². The molecule has 0 radical (unpaired) electrons. The Labute approximate surface area is 195 Å². The van der Waals surface area contributed by atoms with Crippen LogP contribution in [-0.4, -0.2) is 27.6 Å². The first-order valence-electron chi connectivity index (χ1n) is 9.38. The molecule has 0 aliphatic carbocycles. The summed E-state index contributed by atoms with van der Waals surface area (Å²) in [4.78, 5) is 15.9. The molecular formula is C21H15Cl2F3N4O3. The smallest absolute Gasteiger partial charge is 0.416 e. The summed E-state index contributed by atoms with van der Waals surface area (Å²) in [5, 5.41) is 6.44. The van der Waals surface area contributed by atoms with E-state index in [4.69, 9.17) is 32.4 Å². The zero-order chi connectivity index (χ0) is 24.1. The van der Waals surface area contributed by atoms with Crippen molar-refractivity contribution in [3.05, 3.63) is 51.9 Å². The van der Waals surface area contributed by atoms with Crippen molar-refractivity contribution in [3.8, 4) is 28.3 Å². The molecule has 2 aromatic heterocycles. The number of fused-ring (bicyclic) bond motifs is 1. The zero-order valence-corrected chi connectivity index (χ0v) is 18.9. The number of hydrogen-bond donors (Lipinski definition) is 1. The number of amides is 1. The van der Waals surface area contributed by atoms with Gasteiger partial charge in [0.15, 0.2) is 0 Å². The van der Waals surface area contributed by atoms with E-state index in [9.17, 15) is 18.0 Å². The zero-order valence-electron chi connectivity index (χ0n) is 17.3. The van der Waals surface area contributed by atoms with Crippen LogP contribution in [0.1, 0.15) is 18.3 Å². The number of carbonyl (C=O) groups is 1. The number of hydrogen-bond acceptors (Lipinski definition) is 5. The number of rotatable bonds is 4. The Morgan fingerprint density at radius 2 is 1.85 bits per heavy atom. The van der Waals surface area contributed by atoms with Gasteiger partial charge in [0.1, 0.15) is 11.6 Å². The van der Waals surface area contributed by atoms with Crippen LogP contribution < -0.4 is 10.1 Å². The number of aromatic nitrogens is 3. The Morgan fingerprint density at radius 3 is 2.39 bits per heavy atom. The molecule has 12 heteroatoms. The number of aryl methyl sites for hydroxylation is 1. The Bertz CT molecular complexity index is 1370. The lowest BCUT2D eigenvalue weighted by molar-refractivity contribution is -0.137. The number of imidazole rings is 1. The van der Waals surface area contributed by atoms with Crippen molar-refractivity contribution in [3.63, 3.8) is 0 Å². The van der Waals surface area contributed by atoms with Gasteiger partial charge in [-0.1, -0.05) is 23.2 Å². The van der Waals surface area contributed by atoms with E-state index < -0.39 is 17.6 Å². The molecule has 33 heavy (non-hydrogen) atoms. The minimum absolute atomic E-state index is 0.0461. The third-order valence-electron chi connectivity index (χ3n) is 4.79. The minimum atomic E-state index is -4.65. The SMILES string of the molecule is COc1c(-c2nn3c(C)ncc3o2)ccc(NC(C)=O)c1-c1c(Cl)cc(C(F)(F)F)cc1Cl. The number of alkyl halides is 3. The molecule has 2 aromatic carbocycles. The lowest BCUT2D eigenvalue weighted by Gasteiger charge is -2.20. The molecule has 7 nitrogen and oxygen atoms in total. The fourth-order valence-corrected chi connectivity index (χ4v) is 4.08. The number of nitrogens with zero attached hydrogens (tertiary/aromatic N) is 3. The maximum absolute atomic E-state index is 13.2. The predicted octanol–water partition coefficient (Wildman–Crippen LogP) is 6.26. The second-order valence-electron chi connectivity index (χ2n) is 7.03. The lowest BCUT2D eigenvalue weighted by atomic mass is 9.97. The summed E-state index contributed by atoms with van der Waals surface area (Å²) in [6.45, 7) is 3.02. The molecule has 4 rings (SSSR count). The van der Waals surface area contributed by atoms with Crippen molar-refractivity contribution in [2.75, 3.05) is 12.4 Å². The molecule has 0 atom stereocenters. The van der Waals surface area contributed by atoms with Crippen LogP contribution in [0.2, 0.25) is 10.0 Å². The van der Waals surface area contributed by atoms with Crippen molar-refractivity contribution >= 4 is 40.5 Å². The van der Waals surface area contributed by atoms with Crippen LogP contribution >= 0.6 is 23.2 Å². The highest BCUT2D eigenvalue weighted by Gasteiger charge is 2.33. The van der Waals surface area contributed by atoms with Gasteiger partial charge in [0.05, 0.1) is 45.7 Å². The molecule has 0 saturated carbocycles. The maximum atomic E-state index is 13.2. The van der Waals surface area contributed by atoms with Crippen molar-refractivity contribution in [2.45, 2.75) is 20.0 Å². The predicted molar refractivity (Wildman–Crippen MR) is 117 cm³/mol. The molecule has 0 unspecified atom stereocenters. The first kappa shape index (κ1) is 22.9. The Kier molecular flexibility index (Phi) is 5.75. The average Bonchev–Trinajstić information content (AvgIpc) is 3.29. The van der Waals surface area contributed by atoms with Crippen molar-refractivity contribution in [2.24, 2.45) is 0 Å². The van der Waals surface area contributed by atoms with Gasteiger partial charge < -0.3 is 14.5 Å². The van der Waals surface area contributed by atoms with Crippen LogP contribution in [0.15, 0.2) is 34.9 Å². The van der Waals surface area contributed by atoms with E-state index in [1.54, 1.807) is 13.0 Å². The van der Waals surface area contributed by atoms with E-state index in [-0.39, 0.29) is 38.5 Å². The van der Waals surface area contributed by atoms with Gasteiger partial charge >= 0.3 is 6.18 Å². The summed E-state index contributed by atoms with van der Waals surface area (Å²) >= 11 is 12.5. The largest absolute Gasteiger partial charge is 0.495 e. The standard InChI is InChI=1S/C21H15Cl2F3N4O3/c1-9-27-8-16-30(9)29-20(33-16)12-4-5-15(28-10(2)31)18(19(12)32-3)17-13(22)6-11(7-14(17)23)21(24,25)26/h4-8H,1-3H3,(H,28,31). The van der Waals surface area contributed by atoms with Crippen LogP contribution in [-0.2, 0) is 11.0 Å². The van der Waals surface area contributed by atoms with Crippen molar-refractivity contribution in [1.82, 2.24) is 14.6 Å². The van der Waals surface area contributed by atoms with Gasteiger partial charge in [0.25, 0.3) is 0 Å². The number of nitrogens with one attached hydrogen (secondary N) is 1. The van der Waals surface area contributed by atoms with Gasteiger partial charge in [-0.2, -0.15) is 17.7 Å². The molecule has 2 heterocycles. The molecule has 1 N–H and O–H groups in total. The van der Waals surface area contributed by atoms with Gasteiger partial charge in [-0.25, -0.2) is 4.98 Å².